The molecule has 1 heterocycles. The van der Waals surface area contributed by atoms with Crippen molar-refractivity contribution in [3.05, 3.63) is 22.8 Å². The summed E-state index contributed by atoms with van der Waals surface area (Å²) in [5.74, 6) is 0.923. The molecule has 1 aromatic heterocycles. The summed E-state index contributed by atoms with van der Waals surface area (Å²) in [6.45, 7) is 3.91. The van der Waals surface area contributed by atoms with E-state index in [1.165, 1.54) is 0 Å². The van der Waals surface area contributed by atoms with Gasteiger partial charge in [-0.2, -0.15) is 0 Å². The number of hydrogen-bond donors (Lipinski definition) is 1. The van der Waals surface area contributed by atoms with Gasteiger partial charge in [-0.3, -0.25) is 0 Å². The summed E-state index contributed by atoms with van der Waals surface area (Å²) in [5.41, 5.74) is 0. The molecule has 0 bridgehead atoms. The Morgan fingerprint density at radius 2 is 2.20 bits per heavy atom. The zero-order chi connectivity index (χ0) is 11.1. The van der Waals surface area contributed by atoms with E-state index in [0.29, 0.717) is 6.54 Å². The summed E-state index contributed by atoms with van der Waals surface area (Å²) >= 11 is 3.35. The van der Waals surface area contributed by atoms with Crippen LogP contribution in [0.15, 0.2) is 22.8 Å². The van der Waals surface area contributed by atoms with E-state index >= 15 is 0 Å². The second-order valence-electron chi connectivity index (χ2n) is 3.38. The molecule has 0 aliphatic carbocycles. The van der Waals surface area contributed by atoms with Crippen LogP contribution >= 0.6 is 15.9 Å². The molecule has 15 heavy (non-hydrogen) atoms. The van der Waals surface area contributed by atoms with Crippen LogP contribution in [0.4, 0.5) is 5.82 Å². The Labute approximate surface area is 99.3 Å². The van der Waals surface area contributed by atoms with Gasteiger partial charge < -0.3 is 10.0 Å². The largest absolute Gasteiger partial charge is 0.395 e. The smallest absolute Gasteiger partial charge is 0.129 e. The number of rotatable bonds is 6. The van der Waals surface area contributed by atoms with E-state index in [9.17, 15) is 0 Å². The van der Waals surface area contributed by atoms with Gasteiger partial charge in [0, 0.05) is 13.1 Å². The maximum Gasteiger partial charge on any atom is 0.129 e. The van der Waals surface area contributed by atoms with Crippen LogP contribution in [0.5, 0.6) is 0 Å². The van der Waals surface area contributed by atoms with Crippen LogP contribution in [0.3, 0.4) is 0 Å². The first-order valence-electron chi connectivity index (χ1n) is 5.26. The number of pyridine rings is 1. The first-order valence-corrected chi connectivity index (χ1v) is 6.05. The monoisotopic (exact) mass is 272 g/mol. The van der Waals surface area contributed by atoms with Crippen molar-refractivity contribution in [2.24, 2.45) is 0 Å². The van der Waals surface area contributed by atoms with Gasteiger partial charge in [0.05, 0.1) is 6.61 Å². The Hall–Kier alpha value is -0.610. The third kappa shape index (κ3) is 4.18. The lowest BCUT2D eigenvalue weighted by Gasteiger charge is -2.22. The minimum absolute atomic E-state index is 0.165. The normalized spacial score (nSPS) is 10.3. The topological polar surface area (TPSA) is 36.4 Å². The quantitative estimate of drug-likeness (QED) is 0.809. The molecule has 0 saturated carbocycles. The molecule has 3 nitrogen and oxygen atoms in total. The standard InChI is InChI=1S/C11H17BrN2O/c1-2-3-7-14(8-9-15)11-6-4-5-10(12)13-11/h4-6,15H,2-3,7-9H2,1H3. The van der Waals surface area contributed by atoms with Crippen molar-refractivity contribution in [2.45, 2.75) is 19.8 Å². The van der Waals surface area contributed by atoms with Crippen LogP contribution in [0.25, 0.3) is 0 Å². The molecule has 84 valence electrons. The number of anilines is 1. The van der Waals surface area contributed by atoms with Crippen LogP contribution in [-0.4, -0.2) is 29.8 Å². The number of hydrogen-bond acceptors (Lipinski definition) is 3. The van der Waals surface area contributed by atoms with E-state index in [-0.39, 0.29) is 6.61 Å². The predicted molar refractivity (Wildman–Crippen MR) is 66.1 cm³/mol. The summed E-state index contributed by atoms with van der Waals surface area (Å²) in [5, 5.41) is 8.99. The van der Waals surface area contributed by atoms with Crippen LogP contribution in [-0.2, 0) is 0 Å². The molecule has 1 N–H and O–H groups in total. The lowest BCUT2D eigenvalue weighted by molar-refractivity contribution is 0.301. The van der Waals surface area contributed by atoms with Gasteiger partial charge in [-0.15, -0.1) is 0 Å². The lowest BCUT2D eigenvalue weighted by Crippen LogP contribution is -2.28. The highest BCUT2D eigenvalue weighted by molar-refractivity contribution is 9.10. The first kappa shape index (κ1) is 12.5. The number of unbranched alkanes of at least 4 members (excludes halogenated alkanes) is 1. The fourth-order valence-electron chi connectivity index (χ4n) is 1.38. The number of halogens is 1. The van der Waals surface area contributed by atoms with Crippen molar-refractivity contribution in [2.75, 3.05) is 24.6 Å². The molecular formula is C11H17BrN2O. The summed E-state index contributed by atoms with van der Waals surface area (Å²) in [6, 6.07) is 5.83. The van der Waals surface area contributed by atoms with Crippen molar-refractivity contribution in [3.63, 3.8) is 0 Å². The van der Waals surface area contributed by atoms with Gasteiger partial charge >= 0.3 is 0 Å². The molecule has 0 aliphatic rings. The van der Waals surface area contributed by atoms with Gasteiger partial charge in [0.2, 0.25) is 0 Å². The Balaban J connectivity index is 2.69. The number of aromatic nitrogens is 1. The molecule has 0 radical (unpaired) electrons. The summed E-state index contributed by atoms with van der Waals surface area (Å²) < 4.78 is 0.833. The highest BCUT2D eigenvalue weighted by Gasteiger charge is 2.06. The van der Waals surface area contributed by atoms with Crippen molar-refractivity contribution in [1.29, 1.82) is 0 Å². The van der Waals surface area contributed by atoms with Gasteiger partial charge in [0.1, 0.15) is 10.4 Å². The molecule has 4 heteroatoms. The zero-order valence-corrected chi connectivity index (χ0v) is 10.6. The number of aliphatic hydroxyl groups is 1. The molecule has 1 rings (SSSR count). The van der Waals surface area contributed by atoms with E-state index in [2.05, 4.69) is 32.7 Å². The SMILES string of the molecule is CCCCN(CCO)c1cccc(Br)n1. The molecular weight excluding hydrogens is 256 g/mol. The molecule has 0 atom stereocenters. The third-order valence-corrected chi connectivity index (χ3v) is 2.62. The van der Waals surface area contributed by atoms with Gasteiger partial charge in [-0.05, 0) is 34.5 Å². The fraction of sp³-hybridized carbons (Fsp3) is 0.545. The molecule has 0 spiro atoms. The maximum atomic E-state index is 8.99. The van der Waals surface area contributed by atoms with Crippen LogP contribution in [0.2, 0.25) is 0 Å². The highest BCUT2D eigenvalue weighted by Crippen LogP contribution is 2.15. The summed E-state index contributed by atoms with van der Waals surface area (Å²) in [7, 11) is 0. The second-order valence-corrected chi connectivity index (χ2v) is 4.20. The molecule has 1 aromatic rings. The van der Waals surface area contributed by atoms with E-state index < -0.39 is 0 Å². The van der Waals surface area contributed by atoms with E-state index in [0.717, 1.165) is 29.8 Å². The van der Waals surface area contributed by atoms with E-state index in [1.807, 2.05) is 18.2 Å². The van der Waals surface area contributed by atoms with Gasteiger partial charge in [-0.25, -0.2) is 4.98 Å². The average Bonchev–Trinajstić information content (AvgIpc) is 2.24. The third-order valence-electron chi connectivity index (χ3n) is 2.18. The molecule has 0 saturated heterocycles. The molecule has 0 aliphatic heterocycles. The number of nitrogens with zero attached hydrogens (tertiary/aromatic N) is 2. The molecule has 0 unspecified atom stereocenters. The minimum atomic E-state index is 0.165. The Morgan fingerprint density at radius 3 is 2.80 bits per heavy atom. The molecule has 0 aromatic carbocycles. The molecule has 0 fully saturated rings. The van der Waals surface area contributed by atoms with Crippen molar-refractivity contribution < 1.29 is 5.11 Å². The maximum absolute atomic E-state index is 8.99. The number of aliphatic hydroxyl groups excluding tert-OH is 1. The van der Waals surface area contributed by atoms with Crippen LogP contribution in [0, 0.1) is 0 Å². The Morgan fingerprint density at radius 1 is 1.40 bits per heavy atom. The summed E-state index contributed by atoms with van der Waals surface area (Å²) in [6.07, 6.45) is 2.27. The van der Waals surface area contributed by atoms with Gasteiger partial charge in [0.25, 0.3) is 0 Å². The van der Waals surface area contributed by atoms with E-state index in [1.54, 1.807) is 0 Å². The lowest BCUT2D eigenvalue weighted by atomic mass is 10.3. The fourth-order valence-corrected chi connectivity index (χ4v) is 1.72. The van der Waals surface area contributed by atoms with E-state index in [4.69, 9.17) is 5.11 Å². The molecule has 0 amide bonds. The highest BCUT2D eigenvalue weighted by atomic mass is 79.9. The van der Waals surface area contributed by atoms with Gasteiger partial charge in [-0.1, -0.05) is 19.4 Å². The van der Waals surface area contributed by atoms with Crippen molar-refractivity contribution in [3.8, 4) is 0 Å². The second kappa shape index (κ2) is 6.80. The minimum Gasteiger partial charge on any atom is -0.395 e. The first-order chi connectivity index (χ1) is 7.27. The van der Waals surface area contributed by atoms with Gasteiger partial charge in [0.15, 0.2) is 0 Å². The van der Waals surface area contributed by atoms with Crippen LogP contribution in [0.1, 0.15) is 19.8 Å². The zero-order valence-electron chi connectivity index (χ0n) is 8.99. The Kier molecular flexibility index (Phi) is 5.65. The predicted octanol–water partition coefficient (Wildman–Crippen LogP) is 2.44. The average molecular weight is 273 g/mol. The summed E-state index contributed by atoms with van der Waals surface area (Å²) in [4.78, 5) is 6.48. The van der Waals surface area contributed by atoms with Crippen molar-refractivity contribution >= 4 is 21.7 Å². The Bertz CT molecular complexity index is 294. The van der Waals surface area contributed by atoms with Crippen LogP contribution < -0.4 is 4.90 Å². The van der Waals surface area contributed by atoms with Crippen molar-refractivity contribution in [1.82, 2.24) is 4.98 Å².